The van der Waals surface area contributed by atoms with Crippen molar-refractivity contribution in [3.63, 3.8) is 0 Å². The van der Waals surface area contributed by atoms with E-state index < -0.39 is 5.97 Å². The van der Waals surface area contributed by atoms with Crippen molar-refractivity contribution in [2.24, 2.45) is 7.05 Å². The van der Waals surface area contributed by atoms with Crippen LogP contribution in [0.15, 0.2) is 61.1 Å². The van der Waals surface area contributed by atoms with Crippen LogP contribution >= 0.6 is 0 Å². The van der Waals surface area contributed by atoms with Gasteiger partial charge in [-0.05, 0) is 31.2 Å². The first-order valence-corrected chi connectivity index (χ1v) is 8.49. The zero-order chi connectivity index (χ0) is 19.2. The molecule has 27 heavy (non-hydrogen) atoms. The Morgan fingerprint density at radius 1 is 1.22 bits per heavy atom. The van der Waals surface area contributed by atoms with E-state index in [0.717, 1.165) is 11.3 Å². The van der Waals surface area contributed by atoms with Crippen molar-refractivity contribution in [3.8, 4) is 5.69 Å². The fourth-order valence-corrected chi connectivity index (χ4v) is 2.54. The average Bonchev–Trinajstić information content (AvgIpc) is 3.28. The summed E-state index contributed by atoms with van der Waals surface area (Å²) in [6.07, 6.45) is 8.27. The predicted molar refractivity (Wildman–Crippen MR) is 103 cm³/mol. The van der Waals surface area contributed by atoms with Crippen molar-refractivity contribution in [1.82, 2.24) is 14.3 Å². The van der Waals surface area contributed by atoms with Crippen LogP contribution in [0, 0.1) is 0 Å². The van der Waals surface area contributed by atoms with Gasteiger partial charge in [-0.2, -0.15) is 5.10 Å². The third kappa shape index (κ3) is 4.52. The van der Waals surface area contributed by atoms with Gasteiger partial charge in [0.2, 0.25) is 5.91 Å². The minimum atomic E-state index is -0.427. The van der Waals surface area contributed by atoms with Crippen LogP contribution in [0.2, 0.25) is 0 Å². The molecule has 0 bridgehead atoms. The van der Waals surface area contributed by atoms with Crippen molar-refractivity contribution in [1.29, 1.82) is 0 Å². The summed E-state index contributed by atoms with van der Waals surface area (Å²) < 4.78 is 8.32. The lowest BCUT2D eigenvalue weighted by Crippen LogP contribution is -2.09. The van der Waals surface area contributed by atoms with Crippen LogP contribution in [0.5, 0.6) is 0 Å². The Morgan fingerprint density at radius 3 is 2.74 bits per heavy atom. The molecule has 0 aliphatic rings. The van der Waals surface area contributed by atoms with Gasteiger partial charge in [0.1, 0.15) is 5.69 Å². The third-order valence-corrected chi connectivity index (χ3v) is 3.81. The molecule has 3 aromatic rings. The van der Waals surface area contributed by atoms with E-state index >= 15 is 0 Å². The van der Waals surface area contributed by atoms with E-state index in [1.165, 1.54) is 6.08 Å². The SMILES string of the molecule is CCOC(=O)c1cc(NC(=O)/C=C\c2cnn(-c3ccccc3)c2)cn1C. The molecule has 0 spiro atoms. The monoisotopic (exact) mass is 364 g/mol. The van der Waals surface area contributed by atoms with Crippen LogP contribution in [-0.4, -0.2) is 32.8 Å². The molecule has 1 aromatic carbocycles. The highest BCUT2D eigenvalue weighted by atomic mass is 16.5. The molecule has 0 aliphatic heterocycles. The Kier molecular flexibility index (Phi) is 5.51. The number of aryl methyl sites for hydroxylation is 1. The molecule has 7 nitrogen and oxygen atoms in total. The van der Waals surface area contributed by atoms with Gasteiger partial charge in [0.25, 0.3) is 0 Å². The molecule has 0 radical (unpaired) electrons. The fourth-order valence-electron chi connectivity index (χ4n) is 2.54. The van der Waals surface area contributed by atoms with Gasteiger partial charge in [0.15, 0.2) is 0 Å². The molecule has 2 heterocycles. The first-order chi connectivity index (χ1) is 13.1. The minimum Gasteiger partial charge on any atom is -0.461 e. The molecule has 1 amide bonds. The number of hydrogen-bond acceptors (Lipinski definition) is 4. The number of rotatable bonds is 6. The number of esters is 1. The minimum absolute atomic E-state index is 0.297. The first kappa shape index (κ1) is 18.2. The van der Waals surface area contributed by atoms with Gasteiger partial charge in [-0.1, -0.05) is 18.2 Å². The Labute approximate surface area is 156 Å². The van der Waals surface area contributed by atoms with E-state index in [4.69, 9.17) is 4.74 Å². The van der Waals surface area contributed by atoms with Crippen LogP contribution in [0.25, 0.3) is 11.8 Å². The number of carbonyl (C=O) groups is 2. The van der Waals surface area contributed by atoms with Gasteiger partial charge in [-0.3, -0.25) is 4.79 Å². The van der Waals surface area contributed by atoms with Crippen LogP contribution in [0.4, 0.5) is 5.69 Å². The summed E-state index contributed by atoms with van der Waals surface area (Å²) in [6.45, 7) is 2.04. The highest BCUT2D eigenvalue weighted by Crippen LogP contribution is 2.14. The molecule has 0 saturated carbocycles. The molecule has 0 atom stereocenters. The summed E-state index contributed by atoms with van der Waals surface area (Å²) >= 11 is 0. The molecule has 0 unspecified atom stereocenters. The number of aromatic nitrogens is 3. The smallest absolute Gasteiger partial charge is 0.355 e. The van der Waals surface area contributed by atoms with Crippen molar-refractivity contribution in [3.05, 3.63) is 72.3 Å². The second kappa shape index (κ2) is 8.18. The van der Waals surface area contributed by atoms with Gasteiger partial charge in [-0.15, -0.1) is 0 Å². The Bertz CT molecular complexity index is 970. The first-order valence-electron chi connectivity index (χ1n) is 8.49. The number of hydrogen-bond donors (Lipinski definition) is 1. The summed E-state index contributed by atoms with van der Waals surface area (Å²) in [6, 6.07) is 11.3. The molecule has 1 N–H and O–H groups in total. The van der Waals surface area contributed by atoms with E-state index in [9.17, 15) is 9.59 Å². The number of ether oxygens (including phenoxy) is 1. The molecule has 3 rings (SSSR count). The molecule has 0 aliphatic carbocycles. The number of anilines is 1. The van der Waals surface area contributed by atoms with Gasteiger partial charge in [0, 0.05) is 31.1 Å². The maximum atomic E-state index is 12.1. The number of nitrogens with zero attached hydrogens (tertiary/aromatic N) is 3. The highest BCUT2D eigenvalue weighted by molar-refractivity contribution is 6.02. The van der Waals surface area contributed by atoms with Crippen molar-refractivity contribution < 1.29 is 14.3 Å². The topological polar surface area (TPSA) is 78.2 Å². The lowest BCUT2D eigenvalue weighted by molar-refractivity contribution is -0.111. The lowest BCUT2D eigenvalue weighted by atomic mass is 10.3. The van der Waals surface area contributed by atoms with Crippen molar-refractivity contribution in [2.75, 3.05) is 11.9 Å². The summed E-state index contributed by atoms with van der Waals surface area (Å²) in [7, 11) is 1.72. The summed E-state index contributed by atoms with van der Waals surface area (Å²) in [5.41, 5.74) is 2.64. The largest absolute Gasteiger partial charge is 0.461 e. The second-order valence-electron chi connectivity index (χ2n) is 5.82. The Balaban J connectivity index is 1.64. The Hall–Kier alpha value is -3.61. The molecule has 2 aromatic heterocycles. The zero-order valence-electron chi connectivity index (χ0n) is 15.1. The fraction of sp³-hybridized carbons (Fsp3) is 0.150. The summed E-state index contributed by atoms with van der Waals surface area (Å²) in [4.78, 5) is 23.9. The number of carbonyl (C=O) groups excluding carboxylic acids is 2. The lowest BCUT2D eigenvalue weighted by Gasteiger charge is -2.01. The number of amides is 1. The van der Waals surface area contributed by atoms with Gasteiger partial charge in [-0.25, -0.2) is 9.48 Å². The quantitative estimate of drug-likeness (QED) is 0.539. The highest BCUT2D eigenvalue weighted by Gasteiger charge is 2.13. The molecule has 7 heteroatoms. The van der Waals surface area contributed by atoms with E-state index in [-0.39, 0.29) is 5.91 Å². The van der Waals surface area contributed by atoms with Crippen LogP contribution in [0.1, 0.15) is 23.0 Å². The predicted octanol–water partition coefficient (Wildman–Crippen LogP) is 3.04. The van der Waals surface area contributed by atoms with E-state index in [2.05, 4.69) is 10.4 Å². The van der Waals surface area contributed by atoms with Crippen LogP contribution in [-0.2, 0) is 16.6 Å². The summed E-state index contributed by atoms with van der Waals surface area (Å²) in [5, 5.41) is 7.01. The number of nitrogens with one attached hydrogen (secondary N) is 1. The van der Waals surface area contributed by atoms with Crippen LogP contribution in [0.3, 0.4) is 0 Å². The van der Waals surface area contributed by atoms with E-state index in [1.54, 1.807) is 47.8 Å². The zero-order valence-corrected chi connectivity index (χ0v) is 15.1. The van der Waals surface area contributed by atoms with Gasteiger partial charge in [0.05, 0.1) is 24.2 Å². The van der Waals surface area contributed by atoms with E-state index in [1.807, 2.05) is 36.5 Å². The molecule has 0 fully saturated rings. The number of benzene rings is 1. The average molecular weight is 364 g/mol. The van der Waals surface area contributed by atoms with E-state index in [0.29, 0.717) is 18.0 Å². The normalized spacial score (nSPS) is 10.9. The third-order valence-electron chi connectivity index (χ3n) is 3.81. The molecule has 138 valence electrons. The van der Waals surface area contributed by atoms with Gasteiger partial charge < -0.3 is 14.6 Å². The molecular weight excluding hydrogens is 344 g/mol. The second-order valence-corrected chi connectivity index (χ2v) is 5.82. The van der Waals surface area contributed by atoms with Crippen molar-refractivity contribution in [2.45, 2.75) is 6.92 Å². The summed E-state index contributed by atoms with van der Waals surface area (Å²) in [5.74, 6) is -0.729. The molecule has 0 saturated heterocycles. The Morgan fingerprint density at radius 2 is 2.00 bits per heavy atom. The number of para-hydroxylation sites is 1. The van der Waals surface area contributed by atoms with Gasteiger partial charge >= 0.3 is 5.97 Å². The maximum Gasteiger partial charge on any atom is 0.355 e. The standard InChI is InChI=1S/C20H20N4O3/c1-3-27-20(26)18-11-16(14-23(18)2)22-19(25)10-9-15-12-21-24(13-15)17-7-5-4-6-8-17/h4-14H,3H2,1-2H3,(H,22,25)/b10-9-. The maximum absolute atomic E-state index is 12.1. The molecular formula is C20H20N4O3. The van der Waals surface area contributed by atoms with Crippen molar-refractivity contribution >= 4 is 23.6 Å². The van der Waals surface area contributed by atoms with Crippen LogP contribution < -0.4 is 5.32 Å².